The molecular formula is C37H26ClFN2O5S. The summed E-state index contributed by atoms with van der Waals surface area (Å²) in [5.74, 6) is -1.73. The quantitative estimate of drug-likeness (QED) is 0.177. The van der Waals surface area contributed by atoms with Gasteiger partial charge in [0.2, 0.25) is 0 Å². The Morgan fingerprint density at radius 2 is 1.57 bits per heavy atom. The van der Waals surface area contributed by atoms with Crippen molar-refractivity contribution in [2.24, 2.45) is 0 Å². The van der Waals surface area contributed by atoms with Gasteiger partial charge in [-0.1, -0.05) is 66.2 Å². The summed E-state index contributed by atoms with van der Waals surface area (Å²) in [7, 11) is -4.39. The third-order valence-corrected chi connectivity index (χ3v) is 10.0. The third-order valence-electron chi connectivity index (χ3n) is 7.97. The summed E-state index contributed by atoms with van der Waals surface area (Å²) in [6.45, 7) is 3.19. The molecule has 0 saturated carbocycles. The van der Waals surface area contributed by atoms with Gasteiger partial charge in [-0.05, 0) is 79.6 Å². The fourth-order valence-corrected chi connectivity index (χ4v) is 7.51. The van der Waals surface area contributed by atoms with E-state index in [0.29, 0.717) is 33.4 Å². The summed E-state index contributed by atoms with van der Waals surface area (Å²) < 4.78 is 45.4. The van der Waals surface area contributed by atoms with E-state index in [2.05, 4.69) is 6.07 Å². The minimum atomic E-state index is -4.39. The van der Waals surface area contributed by atoms with Gasteiger partial charge in [-0.25, -0.2) is 21.6 Å². The van der Waals surface area contributed by atoms with Crippen molar-refractivity contribution in [3.8, 4) is 39.6 Å². The lowest BCUT2D eigenvalue weighted by atomic mass is 9.93. The maximum atomic E-state index is 14.9. The highest BCUT2D eigenvalue weighted by molar-refractivity contribution is 7.90. The van der Waals surface area contributed by atoms with Crippen LogP contribution in [0.2, 0.25) is 5.02 Å². The SMILES string of the molecule is CC(C)(O)c1ccc(S(=O)(=O)n2c(-c3cccc(-c4ccc(C(=O)O)cc4Cl)c3)c(-c3ccccc3C#N)c3cc(F)ccc32)cc1. The Labute approximate surface area is 275 Å². The van der Waals surface area contributed by atoms with E-state index in [4.69, 9.17) is 11.6 Å². The van der Waals surface area contributed by atoms with Gasteiger partial charge in [-0.2, -0.15) is 5.26 Å². The molecule has 0 saturated heterocycles. The van der Waals surface area contributed by atoms with E-state index in [0.717, 1.165) is 3.97 Å². The number of nitriles is 1. The molecule has 0 fully saturated rings. The van der Waals surface area contributed by atoms with Gasteiger partial charge in [0, 0.05) is 32.7 Å². The van der Waals surface area contributed by atoms with Crippen molar-refractivity contribution in [1.82, 2.24) is 3.97 Å². The number of carboxylic acid groups (broad SMARTS) is 1. The van der Waals surface area contributed by atoms with Crippen LogP contribution in [0.25, 0.3) is 44.4 Å². The van der Waals surface area contributed by atoms with Crippen molar-refractivity contribution in [1.29, 1.82) is 5.26 Å². The molecule has 0 unspecified atom stereocenters. The van der Waals surface area contributed by atoms with Crippen LogP contribution in [-0.4, -0.2) is 28.6 Å². The molecule has 0 spiro atoms. The largest absolute Gasteiger partial charge is 0.478 e. The molecular weight excluding hydrogens is 639 g/mol. The number of aromatic nitrogens is 1. The molecule has 2 N–H and O–H groups in total. The number of rotatable bonds is 7. The lowest BCUT2D eigenvalue weighted by molar-refractivity contribution is 0.0696. The molecule has 0 aliphatic rings. The molecule has 0 radical (unpaired) electrons. The second-order valence-corrected chi connectivity index (χ2v) is 13.7. The Bertz CT molecular complexity index is 2370. The minimum absolute atomic E-state index is 0.00847. The Kier molecular flexibility index (Phi) is 7.98. The van der Waals surface area contributed by atoms with Gasteiger partial charge in [0.15, 0.2) is 0 Å². The van der Waals surface area contributed by atoms with Gasteiger partial charge in [-0.3, -0.25) is 0 Å². The second kappa shape index (κ2) is 11.8. The fourth-order valence-electron chi connectivity index (χ4n) is 5.67. The highest BCUT2D eigenvalue weighted by Gasteiger charge is 2.30. The lowest BCUT2D eigenvalue weighted by Gasteiger charge is -2.19. The van der Waals surface area contributed by atoms with Crippen molar-refractivity contribution >= 4 is 38.5 Å². The Hall–Kier alpha value is -5.27. The molecule has 1 aromatic heterocycles. The van der Waals surface area contributed by atoms with Crippen LogP contribution in [-0.2, 0) is 15.6 Å². The zero-order valence-corrected chi connectivity index (χ0v) is 26.6. The standard InChI is InChI=1S/C37H26ClFN2O5S/c1-37(2,44)26-11-14-28(15-12-26)47(45,46)41-33-17-13-27(39)20-31(33)34(30-9-4-3-6-25(30)21-40)35(41)23-8-5-7-22(18-23)29-16-10-24(36(42)43)19-32(29)38/h3-20,44H,1-2H3,(H,42,43). The van der Waals surface area contributed by atoms with Gasteiger partial charge < -0.3 is 10.2 Å². The van der Waals surface area contributed by atoms with Crippen molar-refractivity contribution in [3.63, 3.8) is 0 Å². The van der Waals surface area contributed by atoms with Gasteiger partial charge in [0.1, 0.15) is 5.82 Å². The Balaban J connectivity index is 1.71. The van der Waals surface area contributed by atoms with Crippen LogP contribution in [0.4, 0.5) is 4.39 Å². The molecule has 5 aromatic carbocycles. The molecule has 10 heteroatoms. The van der Waals surface area contributed by atoms with Crippen molar-refractivity contribution < 1.29 is 27.8 Å². The normalized spacial score (nSPS) is 11.8. The van der Waals surface area contributed by atoms with E-state index in [1.165, 1.54) is 54.6 Å². The summed E-state index contributed by atoms with van der Waals surface area (Å²) in [6.07, 6.45) is 0. The first-order chi connectivity index (χ1) is 22.3. The first-order valence-electron chi connectivity index (χ1n) is 14.4. The van der Waals surface area contributed by atoms with Crippen molar-refractivity contribution in [2.75, 3.05) is 0 Å². The van der Waals surface area contributed by atoms with Gasteiger partial charge in [-0.15, -0.1) is 0 Å². The number of aromatic carboxylic acids is 1. The van der Waals surface area contributed by atoms with Crippen molar-refractivity contribution in [3.05, 3.63) is 137 Å². The molecule has 0 amide bonds. The summed E-state index contributed by atoms with van der Waals surface area (Å²) in [4.78, 5) is 11.4. The maximum absolute atomic E-state index is 14.9. The van der Waals surface area contributed by atoms with Crippen LogP contribution >= 0.6 is 11.6 Å². The average Bonchev–Trinajstić information content (AvgIpc) is 3.39. The minimum Gasteiger partial charge on any atom is -0.478 e. The smallest absolute Gasteiger partial charge is 0.335 e. The second-order valence-electron chi connectivity index (χ2n) is 11.5. The molecule has 6 aromatic rings. The molecule has 0 atom stereocenters. The molecule has 234 valence electrons. The Morgan fingerprint density at radius 3 is 2.23 bits per heavy atom. The molecule has 0 aliphatic heterocycles. The molecule has 7 nitrogen and oxygen atoms in total. The Morgan fingerprint density at radius 1 is 0.872 bits per heavy atom. The predicted octanol–water partition coefficient (Wildman–Crippen LogP) is 8.47. The number of benzene rings is 5. The number of nitrogens with zero attached hydrogens (tertiary/aromatic N) is 2. The number of hydrogen-bond acceptors (Lipinski definition) is 5. The van der Waals surface area contributed by atoms with E-state index in [9.17, 15) is 33.1 Å². The highest BCUT2D eigenvalue weighted by atomic mass is 35.5. The van der Waals surface area contributed by atoms with Gasteiger partial charge >= 0.3 is 5.97 Å². The van der Waals surface area contributed by atoms with E-state index >= 15 is 0 Å². The molecule has 0 bridgehead atoms. The van der Waals surface area contributed by atoms with E-state index in [-0.39, 0.29) is 37.6 Å². The van der Waals surface area contributed by atoms with Crippen LogP contribution in [0.5, 0.6) is 0 Å². The summed E-state index contributed by atoms with van der Waals surface area (Å²) in [6, 6.07) is 29.8. The topological polar surface area (TPSA) is 120 Å². The maximum Gasteiger partial charge on any atom is 0.335 e. The van der Waals surface area contributed by atoms with E-state index in [1.807, 2.05) is 0 Å². The summed E-state index contributed by atoms with van der Waals surface area (Å²) in [5.41, 5.74) is 2.17. The summed E-state index contributed by atoms with van der Waals surface area (Å²) in [5, 5.41) is 30.4. The highest BCUT2D eigenvalue weighted by Crippen LogP contribution is 2.45. The molecule has 1 heterocycles. The number of fused-ring (bicyclic) bond motifs is 1. The van der Waals surface area contributed by atoms with Crippen molar-refractivity contribution in [2.45, 2.75) is 24.3 Å². The number of aliphatic hydroxyl groups is 1. The monoisotopic (exact) mass is 664 g/mol. The van der Waals surface area contributed by atoms with Crippen LogP contribution in [0.1, 0.15) is 35.3 Å². The first-order valence-corrected chi connectivity index (χ1v) is 16.2. The van der Waals surface area contributed by atoms with E-state index < -0.39 is 27.4 Å². The van der Waals surface area contributed by atoms with Gasteiger partial charge in [0.05, 0.1) is 38.9 Å². The number of carboxylic acids is 1. The van der Waals surface area contributed by atoms with Crippen LogP contribution in [0.3, 0.4) is 0 Å². The number of carbonyl (C=O) groups is 1. The van der Waals surface area contributed by atoms with Crippen LogP contribution < -0.4 is 0 Å². The van der Waals surface area contributed by atoms with Gasteiger partial charge in [0.25, 0.3) is 10.0 Å². The predicted molar refractivity (Wildman–Crippen MR) is 179 cm³/mol. The summed E-state index contributed by atoms with van der Waals surface area (Å²) >= 11 is 6.52. The van der Waals surface area contributed by atoms with Crippen LogP contribution in [0.15, 0.2) is 114 Å². The zero-order chi connectivity index (χ0) is 33.7. The fraction of sp³-hybridized carbons (Fsp3) is 0.0811. The van der Waals surface area contributed by atoms with E-state index in [1.54, 1.807) is 68.4 Å². The molecule has 0 aliphatic carbocycles. The molecule has 6 rings (SSSR count). The first kappa shape index (κ1) is 31.7. The third kappa shape index (κ3) is 5.68. The molecule has 47 heavy (non-hydrogen) atoms. The lowest BCUT2D eigenvalue weighted by Crippen LogP contribution is -2.17. The number of halogens is 2. The average molecular weight is 665 g/mol. The van der Waals surface area contributed by atoms with Crippen LogP contribution in [0, 0.1) is 17.1 Å². The zero-order valence-electron chi connectivity index (χ0n) is 25.1. The number of hydrogen-bond donors (Lipinski definition) is 2.